The minimum absolute atomic E-state index is 0.218. The van der Waals surface area contributed by atoms with Gasteiger partial charge in [0.1, 0.15) is 29.6 Å². The van der Waals surface area contributed by atoms with Crippen molar-refractivity contribution in [1.82, 2.24) is 24.7 Å². The highest BCUT2D eigenvalue weighted by molar-refractivity contribution is 5.88. The van der Waals surface area contributed by atoms with Crippen molar-refractivity contribution in [2.45, 2.75) is 27.2 Å². The minimum atomic E-state index is -0.218. The second-order valence-electron chi connectivity index (χ2n) is 7.23. The van der Waals surface area contributed by atoms with E-state index in [0.717, 1.165) is 46.0 Å². The Hall–Kier alpha value is -3.42. The summed E-state index contributed by atoms with van der Waals surface area (Å²) in [6.07, 6.45) is 2.27. The van der Waals surface area contributed by atoms with Gasteiger partial charge in [0.25, 0.3) is 0 Å². The average molecular weight is 393 g/mol. The van der Waals surface area contributed by atoms with Crippen molar-refractivity contribution in [3.8, 4) is 0 Å². The van der Waals surface area contributed by atoms with E-state index in [9.17, 15) is 4.39 Å². The van der Waals surface area contributed by atoms with Gasteiger partial charge in [0.05, 0.1) is 11.2 Å². The zero-order valence-electron chi connectivity index (χ0n) is 17.0. The molecule has 4 rings (SSSR count). The molecule has 0 aliphatic rings. The molecule has 0 saturated heterocycles. The Bertz CT molecular complexity index is 1180. The van der Waals surface area contributed by atoms with Crippen LogP contribution >= 0.6 is 0 Å². The molecule has 0 bridgehead atoms. The summed E-state index contributed by atoms with van der Waals surface area (Å²) in [5.41, 5.74) is 4.70. The number of H-pyrrole nitrogens is 1. The molecule has 29 heavy (non-hydrogen) atoms. The molecular formula is C21H24FN7. The Labute approximate surface area is 168 Å². The Kier molecular flexibility index (Phi) is 4.92. The quantitative estimate of drug-likeness (QED) is 0.458. The molecule has 7 nitrogen and oxygen atoms in total. The third-order valence-electron chi connectivity index (χ3n) is 5.04. The van der Waals surface area contributed by atoms with Crippen LogP contribution in [0, 0.1) is 26.6 Å². The monoisotopic (exact) mass is 393 g/mol. The van der Waals surface area contributed by atoms with E-state index in [4.69, 9.17) is 0 Å². The van der Waals surface area contributed by atoms with Crippen molar-refractivity contribution >= 4 is 28.4 Å². The predicted molar refractivity (Wildman–Crippen MR) is 113 cm³/mol. The summed E-state index contributed by atoms with van der Waals surface area (Å²) in [6, 6.07) is 7.14. The molecule has 0 fully saturated rings. The van der Waals surface area contributed by atoms with Gasteiger partial charge in [0.15, 0.2) is 0 Å². The van der Waals surface area contributed by atoms with Crippen LogP contribution in [-0.4, -0.2) is 31.3 Å². The second kappa shape index (κ2) is 7.54. The number of fused-ring (bicyclic) bond motifs is 1. The van der Waals surface area contributed by atoms with Crippen molar-refractivity contribution in [3.05, 3.63) is 58.9 Å². The maximum absolute atomic E-state index is 14.1. The number of nitrogens with one attached hydrogen (secondary N) is 3. The van der Waals surface area contributed by atoms with E-state index < -0.39 is 0 Å². The van der Waals surface area contributed by atoms with Crippen molar-refractivity contribution in [2.24, 2.45) is 7.05 Å². The number of aromatic nitrogens is 5. The van der Waals surface area contributed by atoms with Crippen LogP contribution in [0.2, 0.25) is 0 Å². The van der Waals surface area contributed by atoms with E-state index in [2.05, 4.69) is 30.7 Å². The molecule has 3 heterocycles. The van der Waals surface area contributed by atoms with Gasteiger partial charge in [-0.3, -0.25) is 4.68 Å². The third kappa shape index (κ3) is 3.78. The van der Waals surface area contributed by atoms with Gasteiger partial charge < -0.3 is 15.6 Å². The SMILES string of the molecule is Cc1cc(Nc2cc(NCCc3c(C)[nH]c4c(F)ccc(C)c34)ncn2)n(C)n1. The Morgan fingerprint density at radius 1 is 1.10 bits per heavy atom. The molecule has 0 atom stereocenters. The van der Waals surface area contributed by atoms with Crippen LogP contribution in [-0.2, 0) is 13.5 Å². The molecule has 0 spiro atoms. The molecule has 0 saturated carbocycles. The fraction of sp³-hybridized carbons (Fsp3) is 0.286. The number of anilines is 3. The van der Waals surface area contributed by atoms with Crippen LogP contribution in [0.1, 0.15) is 22.5 Å². The van der Waals surface area contributed by atoms with Crippen molar-refractivity contribution in [1.29, 1.82) is 0 Å². The van der Waals surface area contributed by atoms with Gasteiger partial charge in [0, 0.05) is 36.8 Å². The van der Waals surface area contributed by atoms with Crippen LogP contribution in [0.4, 0.5) is 21.8 Å². The molecule has 0 aliphatic carbocycles. The Balaban J connectivity index is 1.47. The fourth-order valence-corrected chi connectivity index (χ4v) is 3.65. The maximum atomic E-state index is 14.1. The van der Waals surface area contributed by atoms with Gasteiger partial charge in [-0.1, -0.05) is 6.07 Å². The predicted octanol–water partition coefficient (Wildman–Crippen LogP) is 4.15. The van der Waals surface area contributed by atoms with Gasteiger partial charge in [-0.05, 0) is 44.4 Å². The highest BCUT2D eigenvalue weighted by Gasteiger charge is 2.13. The Morgan fingerprint density at radius 3 is 2.66 bits per heavy atom. The lowest BCUT2D eigenvalue weighted by atomic mass is 10.0. The van der Waals surface area contributed by atoms with E-state index >= 15 is 0 Å². The summed E-state index contributed by atoms with van der Waals surface area (Å²) in [4.78, 5) is 11.7. The Morgan fingerprint density at radius 2 is 1.90 bits per heavy atom. The van der Waals surface area contributed by atoms with Crippen LogP contribution in [0.5, 0.6) is 0 Å². The molecule has 8 heteroatoms. The lowest BCUT2D eigenvalue weighted by Gasteiger charge is -2.09. The number of rotatable bonds is 6. The molecule has 150 valence electrons. The van der Waals surface area contributed by atoms with Gasteiger partial charge in [0.2, 0.25) is 0 Å². The van der Waals surface area contributed by atoms with Gasteiger partial charge >= 0.3 is 0 Å². The van der Waals surface area contributed by atoms with Crippen LogP contribution in [0.3, 0.4) is 0 Å². The first kappa shape index (κ1) is 18.9. The molecular weight excluding hydrogens is 369 g/mol. The first-order valence-corrected chi connectivity index (χ1v) is 9.52. The van der Waals surface area contributed by atoms with E-state index in [-0.39, 0.29) is 5.82 Å². The summed E-state index contributed by atoms with van der Waals surface area (Å²) >= 11 is 0. The molecule has 0 aliphatic heterocycles. The molecule has 0 radical (unpaired) electrons. The zero-order chi connectivity index (χ0) is 20.5. The first-order chi connectivity index (χ1) is 13.9. The summed E-state index contributed by atoms with van der Waals surface area (Å²) in [5.74, 6) is 2.05. The molecule has 0 amide bonds. The normalized spacial score (nSPS) is 11.2. The number of benzene rings is 1. The molecule has 0 unspecified atom stereocenters. The van der Waals surface area contributed by atoms with Gasteiger partial charge in [-0.2, -0.15) is 5.10 Å². The standard InChI is InChI=1S/C21H24FN7/c1-12-5-6-16(22)21-20(12)15(14(3)26-21)7-8-23-17-10-18(25-11-24-17)27-19-9-13(2)28-29(19)4/h5-6,9-11,26H,7-8H2,1-4H3,(H2,23,24,25,27). The van der Waals surface area contributed by atoms with Crippen molar-refractivity contribution in [2.75, 3.05) is 17.2 Å². The van der Waals surface area contributed by atoms with Crippen LogP contribution in [0.25, 0.3) is 10.9 Å². The van der Waals surface area contributed by atoms with Crippen molar-refractivity contribution < 1.29 is 4.39 Å². The van der Waals surface area contributed by atoms with E-state index in [1.54, 1.807) is 4.68 Å². The largest absolute Gasteiger partial charge is 0.370 e. The molecule has 4 aromatic rings. The fourth-order valence-electron chi connectivity index (χ4n) is 3.65. The summed E-state index contributed by atoms with van der Waals surface area (Å²) in [6.45, 7) is 6.61. The first-order valence-electron chi connectivity index (χ1n) is 9.52. The van der Waals surface area contributed by atoms with E-state index in [0.29, 0.717) is 17.9 Å². The summed E-state index contributed by atoms with van der Waals surface area (Å²) in [5, 5.41) is 11.9. The highest BCUT2D eigenvalue weighted by atomic mass is 19.1. The summed E-state index contributed by atoms with van der Waals surface area (Å²) in [7, 11) is 1.88. The number of aromatic amines is 1. The van der Waals surface area contributed by atoms with Gasteiger partial charge in [-0.15, -0.1) is 0 Å². The van der Waals surface area contributed by atoms with Crippen LogP contribution in [0.15, 0.2) is 30.6 Å². The lowest BCUT2D eigenvalue weighted by molar-refractivity contribution is 0.637. The minimum Gasteiger partial charge on any atom is -0.370 e. The van der Waals surface area contributed by atoms with Crippen molar-refractivity contribution in [3.63, 3.8) is 0 Å². The number of aryl methyl sites for hydroxylation is 4. The van der Waals surface area contributed by atoms with Crippen LogP contribution < -0.4 is 10.6 Å². The molecule has 1 aromatic carbocycles. The maximum Gasteiger partial charge on any atom is 0.147 e. The zero-order valence-corrected chi connectivity index (χ0v) is 17.0. The second-order valence-corrected chi connectivity index (χ2v) is 7.23. The number of nitrogens with zero attached hydrogens (tertiary/aromatic N) is 4. The summed E-state index contributed by atoms with van der Waals surface area (Å²) < 4.78 is 15.9. The number of halogens is 1. The van der Waals surface area contributed by atoms with Gasteiger partial charge in [-0.25, -0.2) is 14.4 Å². The van der Waals surface area contributed by atoms with E-state index in [1.165, 1.54) is 12.4 Å². The lowest BCUT2D eigenvalue weighted by Crippen LogP contribution is -2.08. The highest BCUT2D eigenvalue weighted by Crippen LogP contribution is 2.28. The smallest absolute Gasteiger partial charge is 0.147 e. The number of hydrogen-bond acceptors (Lipinski definition) is 5. The van der Waals surface area contributed by atoms with E-state index in [1.807, 2.05) is 46.0 Å². The number of hydrogen-bond donors (Lipinski definition) is 3. The molecule has 3 aromatic heterocycles. The molecule has 3 N–H and O–H groups in total. The third-order valence-corrected chi connectivity index (χ3v) is 5.04. The topological polar surface area (TPSA) is 83.5 Å². The average Bonchev–Trinajstić information content (AvgIpc) is 3.18.